The highest BCUT2D eigenvalue weighted by atomic mass is 79.9. The zero-order chi connectivity index (χ0) is 14.8. The van der Waals surface area contributed by atoms with Crippen LogP contribution in [0.15, 0.2) is 51.8 Å². The van der Waals surface area contributed by atoms with Crippen molar-refractivity contribution < 1.29 is 17.5 Å². The van der Waals surface area contributed by atoms with Gasteiger partial charge in [0.25, 0.3) is 10.0 Å². The summed E-state index contributed by atoms with van der Waals surface area (Å²) in [6.45, 7) is 0. The monoisotopic (exact) mass is 359 g/mol. The summed E-state index contributed by atoms with van der Waals surface area (Å²) in [5, 5.41) is 0. The van der Waals surface area contributed by atoms with Gasteiger partial charge in [0.05, 0.1) is 17.7 Å². The van der Waals surface area contributed by atoms with E-state index in [9.17, 15) is 12.8 Å². The first-order valence-corrected chi connectivity index (χ1v) is 7.82. The molecule has 20 heavy (non-hydrogen) atoms. The van der Waals surface area contributed by atoms with Gasteiger partial charge < -0.3 is 4.74 Å². The minimum Gasteiger partial charge on any atom is -0.492 e. The predicted octanol–water partition coefficient (Wildman–Crippen LogP) is 3.40. The number of benzene rings is 2. The molecule has 0 bridgehead atoms. The van der Waals surface area contributed by atoms with Gasteiger partial charge in [0.15, 0.2) is 11.6 Å². The van der Waals surface area contributed by atoms with Crippen LogP contribution in [0.25, 0.3) is 0 Å². The minimum atomic E-state index is -3.80. The molecular formula is C13H11BrFNO3S. The molecule has 0 aliphatic carbocycles. The lowest BCUT2D eigenvalue weighted by atomic mass is 10.3. The lowest BCUT2D eigenvalue weighted by molar-refractivity contribution is 0.389. The van der Waals surface area contributed by atoms with Crippen LogP contribution in [0.5, 0.6) is 5.75 Å². The molecule has 2 aromatic rings. The molecule has 0 aliphatic rings. The van der Waals surface area contributed by atoms with Crippen LogP contribution in [0.2, 0.25) is 0 Å². The first-order valence-electron chi connectivity index (χ1n) is 5.55. The molecule has 0 unspecified atom stereocenters. The van der Waals surface area contributed by atoms with E-state index in [1.54, 1.807) is 12.1 Å². The smallest absolute Gasteiger partial charge is 0.262 e. The van der Waals surface area contributed by atoms with E-state index >= 15 is 0 Å². The lowest BCUT2D eigenvalue weighted by Crippen LogP contribution is -2.13. The summed E-state index contributed by atoms with van der Waals surface area (Å²) < 4.78 is 45.8. The zero-order valence-corrected chi connectivity index (χ0v) is 12.8. The Morgan fingerprint density at radius 2 is 1.80 bits per heavy atom. The predicted molar refractivity (Wildman–Crippen MR) is 77.9 cm³/mol. The maximum absolute atomic E-state index is 13.5. The van der Waals surface area contributed by atoms with Crippen LogP contribution in [0.1, 0.15) is 0 Å². The van der Waals surface area contributed by atoms with Gasteiger partial charge >= 0.3 is 0 Å². The highest BCUT2D eigenvalue weighted by Crippen LogP contribution is 2.29. The molecule has 2 aromatic carbocycles. The average molecular weight is 360 g/mol. The van der Waals surface area contributed by atoms with Crippen molar-refractivity contribution in [1.29, 1.82) is 0 Å². The molecule has 0 saturated heterocycles. The van der Waals surface area contributed by atoms with Crippen LogP contribution in [-0.4, -0.2) is 15.5 Å². The second-order valence-corrected chi connectivity index (χ2v) is 6.48. The number of anilines is 1. The largest absolute Gasteiger partial charge is 0.492 e. The summed E-state index contributed by atoms with van der Waals surface area (Å²) in [7, 11) is -2.52. The van der Waals surface area contributed by atoms with E-state index < -0.39 is 15.8 Å². The Kier molecular flexibility index (Phi) is 4.29. The van der Waals surface area contributed by atoms with Crippen LogP contribution < -0.4 is 9.46 Å². The molecule has 0 radical (unpaired) electrons. The van der Waals surface area contributed by atoms with E-state index in [-0.39, 0.29) is 16.3 Å². The van der Waals surface area contributed by atoms with Crippen LogP contribution in [0, 0.1) is 5.82 Å². The summed E-state index contributed by atoms with van der Waals surface area (Å²) in [4.78, 5) is 0.0759. The number of hydrogen-bond donors (Lipinski definition) is 1. The van der Waals surface area contributed by atoms with Crippen LogP contribution in [-0.2, 0) is 10.0 Å². The molecule has 0 fully saturated rings. The fourth-order valence-electron chi connectivity index (χ4n) is 1.61. The molecule has 0 aliphatic heterocycles. The molecule has 7 heteroatoms. The minimum absolute atomic E-state index is 0.0513. The summed E-state index contributed by atoms with van der Waals surface area (Å²) in [6.07, 6.45) is 0. The molecule has 0 amide bonds. The van der Waals surface area contributed by atoms with Crippen molar-refractivity contribution in [1.82, 2.24) is 0 Å². The van der Waals surface area contributed by atoms with Crippen molar-refractivity contribution in [2.75, 3.05) is 11.8 Å². The van der Waals surface area contributed by atoms with Gasteiger partial charge in [-0.1, -0.05) is 22.0 Å². The van der Waals surface area contributed by atoms with E-state index in [0.29, 0.717) is 0 Å². The van der Waals surface area contributed by atoms with E-state index in [4.69, 9.17) is 4.74 Å². The fourth-order valence-corrected chi connectivity index (χ4v) is 2.94. The number of sulfonamides is 1. The Labute approximate surface area is 124 Å². The molecule has 2 rings (SSSR count). The van der Waals surface area contributed by atoms with Crippen molar-refractivity contribution in [3.63, 3.8) is 0 Å². The van der Waals surface area contributed by atoms with E-state index in [0.717, 1.165) is 4.47 Å². The number of methoxy groups -OCH3 is 1. The summed E-state index contributed by atoms with van der Waals surface area (Å²) in [5.41, 5.74) is 0.0513. The fraction of sp³-hybridized carbons (Fsp3) is 0.0769. The highest BCUT2D eigenvalue weighted by Gasteiger charge is 2.18. The van der Waals surface area contributed by atoms with E-state index in [1.807, 2.05) is 0 Å². The van der Waals surface area contributed by atoms with Crippen LogP contribution >= 0.6 is 15.9 Å². The third-order valence-electron chi connectivity index (χ3n) is 2.54. The SMILES string of the molecule is COc1c(F)cccc1NS(=O)(=O)c1ccc(Br)cc1. The molecule has 106 valence electrons. The Morgan fingerprint density at radius 3 is 2.40 bits per heavy atom. The quantitative estimate of drug-likeness (QED) is 0.909. The number of ether oxygens (including phenoxy) is 1. The number of hydrogen-bond acceptors (Lipinski definition) is 3. The van der Waals surface area contributed by atoms with Gasteiger partial charge in [0.1, 0.15) is 0 Å². The van der Waals surface area contributed by atoms with Crippen molar-refractivity contribution in [2.24, 2.45) is 0 Å². The van der Waals surface area contributed by atoms with Crippen molar-refractivity contribution >= 4 is 31.6 Å². The number of rotatable bonds is 4. The first-order chi connectivity index (χ1) is 9.44. The van der Waals surface area contributed by atoms with Gasteiger partial charge in [-0.25, -0.2) is 12.8 Å². The molecule has 1 N–H and O–H groups in total. The summed E-state index contributed by atoms with van der Waals surface area (Å²) in [6, 6.07) is 10.1. The van der Waals surface area contributed by atoms with E-state index in [1.165, 1.54) is 37.4 Å². The molecule has 0 aromatic heterocycles. The lowest BCUT2D eigenvalue weighted by Gasteiger charge is -2.12. The molecule has 4 nitrogen and oxygen atoms in total. The molecule has 0 spiro atoms. The van der Waals surface area contributed by atoms with E-state index in [2.05, 4.69) is 20.7 Å². The van der Waals surface area contributed by atoms with Gasteiger partial charge in [-0.05, 0) is 36.4 Å². The van der Waals surface area contributed by atoms with Crippen LogP contribution in [0.4, 0.5) is 10.1 Å². The summed E-state index contributed by atoms with van der Waals surface area (Å²) in [5.74, 6) is -0.781. The van der Waals surface area contributed by atoms with Gasteiger partial charge in [-0.2, -0.15) is 0 Å². The van der Waals surface area contributed by atoms with Crippen molar-refractivity contribution in [3.05, 3.63) is 52.8 Å². The third kappa shape index (κ3) is 3.10. The Morgan fingerprint density at radius 1 is 1.15 bits per heavy atom. The highest BCUT2D eigenvalue weighted by molar-refractivity contribution is 9.10. The second kappa shape index (κ2) is 5.80. The van der Waals surface area contributed by atoms with Crippen molar-refractivity contribution in [2.45, 2.75) is 4.90 Å². The Bertz CT molecular complexity index is 717. The molecule has 0 atom stereocenters. The Hall–Kier alpha value is -1.60. The number of halogens is 2. The van der Waals surface area contributed by atoms with Gasteiger partial charge in [0.2, 0.25) is 0 Å². The maximum atomic E-state index is 13.5. The number of nitrogens with one attached hydrogen (secondary N) is 1. The van der Waals surface area contributed by atoms with Crippen LogP contribution in [0.3, 0.4) is 0 Å². The van der Waals surface area contributed by atoms with Crippen molar-refractivity contribution in [3.8, 4) is 5.75 Å². The van der Waals surface area contributed by atoms with Gasteiger partial charge in [0, 0.05) is 4.47 Å². The number of para-hydroxylation sites is 1. The molecule has 0 saturated carbocycles. The molecular weight excluding hydrogens is 349 g/mol. The summed E-state index contributed by atoms with van der Waals surface area (Å²) >= 11 is 3.23. The van der Waals surface area contributed by atoms with Gasteiger partial charge in [-0.15, -0.1) is 0 Å². The average Bonchev–Trinajstić information content (AvgIpc) is 2.39. The third-order valence-corrected chi connectivity index (χ3v) is 4.45. The normalized spacial score (nSPS) is 11.2. The molecule has 0 heterocycles. The second-order valence-electron chi connectivity index (χ2n) is 3.88. The topological polar surface area (TPSA) is 55.4 Å². The first kappa shape index (κ1) is 14.8. The zero-order valence-electron chi connectivity index (χ0n) is 10.4. The van der Waals surface area contributed by atoms with Gasteiger partial charge in [-0.3, -0.25) is 4.72 Å². The standard InChI is InChI=1S/C13H11BrFNO3S/c1-19-13-11(15)3-2-4-12(13)16-20(17,18)10-7-5-9(14)6-8-10/h2-8,16H,1H3. The maximum Gasteiger partial charge on any atom is 0.262 e. The Balaban J connectivity index is 2.38.